The number of carbonyl (C=O) groups is 1. The third kappa shape index (κ3) is 2.71. The maximum Gasteiger partial charge on any atom is 0.173 e. The lowest BCUT2D eigenvalue weighted by atomic mass is 10.1. The fourth-order valence-electron chi connectivity index (χ4n) is 2.14. The molecule has 0 aromatic carbocycles. The average Bonchev–Trinajstić information content (AvgIpc) is 2.96. The number of carbonyl (C=O) groups excluding carboxylic acids is 1. The van der Waals surface area contributed by atoms with Crippen molar-refractivity contribution in [3.8, 4) is 0 Å². The average molecular weight is 238 g/mol. The van der Waals surface area contributed by atoms with Gasteiger partial charge in [-0.05, 0) is 42.7 Å². The third-order valence-corrected chi connectivity index (χ3v) is 4.10. The lowest BCUT2D eigenvalue weighted by Crippen LogP contribution is -2.08. The van der Waals surface area contributed by atoms with Crippen molar-refractivity contribution in [3.05, 3.63) is 21.9 Å². The second-order valence-electron chi connectivity index (χ2n) is 4.23. The van der Waals surface area contributed by atoms with Crippen molar-refractivity contribution >= 4 is 17.1 Å². The van der Waals surface area contributed by atoms with Crippen molar-refractivity contribution in [3.63, 3.8) is 0 Å². The van der Waals surface area contributed by atoms with Crippen molar-refractivity contribution in [2.45, 2.75) is 45.1 Å². The van der Waals surface area contributed by atoms with Gasteiger partial charge in [-0.1, -0.05) is 6.92 Å². The van der Waals surface area contributed by atoms with Crippen LogP contribution >= 0.6 is 11.3 Å². The molecule has 2 nitrogen and oxygen atoms in total. The minimum atomic E-state index is 0.294. The SMILES string of the molecule is CCc1ccsc1C(=O)CCC1CCCO1. The number of ketones is 1. The summed E-state index contributed by atoms with van der Waals surface area (Å²) in [5.74, 6) is 0.294. The number of aryl methyl sites for hydroxylation is 1. The van der Waals surface area contributed by atoms with Crippen LogP contribution in [-0.2, 0) is 11.2 Å². The van der Waals surface area contributed by atoms with Crippen LogP contribution in [0.1, 0.15) is 47.8 Å². The van der Waals surface area contributed by atoms with Crippen LogP contribution < -0.4 is 0 Å². The molecule has 16 heavy (non-hydrogen) atoms. The van der Waals surface area contributed by atoms with E-state index in [2.05, 4.69) is 13.0 Å². The van der Waals surface area contributed by atoms with Crippen LogP contribution in [0.3, 0.4) is 0 Å². The molecule has 88 valence electrons. The van der Waals surface area contributed by atoms with E-state index in [1.807, 2.05) is 5.38 Å². The van der Waals surface area contributed by atoms with E-state index in [0.29, 0.717) is 18.3 Å². The quantitative estimate of drug-likeness (QED) is 0.734. The second-order valence-corrected chi connectivity index (χ2v) is 5.14. The summed E-state index contributed by atoms with van der Waals surface area (Å²) >= 11 is 1.57. The minimum Gasteiger partial charge on any atom is -0.378 e. The lowest BCUT2D eigenvalue weighted by Gasteiger charge is -2.07. The molecule has 1 fully saturated rings. The first-order valence-corrected chi connectivity index (χ1v) is 6.90. The summed E-state index contributed by atoms with van der Waals surface area (Å²) < 4.78 is 5.53. The number of ether oxygens (including phenoxy) is 1. The molecule has 1 aliphatic heterocycles. The Kier molecular flexibility index (Phi) is 4.13. The minimum absolute atomic E-state index is 0.294. The highest BCUT2D eigenvalue weighted by molar-refractivity contribution is 7.12. The summed E-state index contributed by atoms with van der Waals surface area (Å²) in [6.07, 6.45) is 5.08. The Morgan fingerprint density at radius 3 is 3.19 bits per heavy atom. The fourth-order valence-corrected chi connectivity index (χ4v) is 3.10. The van der Waals surface area contributed by atoms with Crippen LogP contribution in [0.4, 0.5) is 0 Å². The Hall–Kier alpha value is -0.670. The predicted octanol–water partition coefficient (Wildman–Crippen LogP) is 3.45. The van der Waals surface area contributed by atoms with E-state index in [1.165, 1.54) is 5.56 Å². The molecule has 2 rings (SSSR count). The van der Waals surface area contributed by atoms with Crippen LogP contribution in [-0.4, -0.2) is 18.5 Å². The van der Waals surface area contributed by atoms with Crippen molar-refractivity contribution < 1.29 is 9.53 Å². The predicted molar refractivity (Wildman–Crippen MR) is 66.2 cm³/mol. The second kappa shape index (κ2) is 5.60. The Labute approximate surface area is 101 Å². The van der Waals surface area contributed by atoms with Gasteiger partial charge in [0.1, 0.15) is 0 Å². The molecule has 2 heterocycles. The van der Waals surface area contributed by atoms with Crippen LogP contribution in [0.15, 0.2) is 11.4 Å². The third-order valence-electron chi connectivity index (χ3n) is 3.10. The molecule has 3 heteroatoms. The Bertz CT molecular complexity index is 351. The van der Waals surface area contributed by atoms with Gasteiger partial charge in [-0.2, -0.15) is 0 Å². The zero-order chi connectivity index (χ0) is 11.4. The van der Waals surface area contributed by atoms with Gasteiger partial charge >= 0.3 is 0 Å². The van der Waals surface area contributed by atoms with E-state index in [1.54, 1.807) is 11.3 Å². The van der Waals surface area contributed by atoms with E-state index >= 15 is 0 Å². The Morgan fingerprint density at radius 2 is 2.50 bits per heavy atom. The van der Waals surface area contributed by atoms with E-state index in [9.17, 15) is 4.79 Å². The molecule has 0 spiro atoms. The lowest BCUT2D eigenvalue weighted by molar-refractivity contribution is 0.0861. The molecule has 1 aromatic rings. The molecule has 1 saturated heterocycles. The van der Waals surface area contributed by atoms with Gasteiger partial charge in [0.15, 0.2) is 5.78 Å². The van der Waals surface area contributed by atoms with E-state index in [-0.39, 0.29) is 0 Å². The van der Waals surface area contributed by atoms with Gasteiger partial charge in [-0.3, -0.25) is 4.79 Å². The Morgan fingerprint density at radius 1 is 1.62 bits per heavy atom. The monoisotopic (exact) mass is 238 g/mol. The first-order valence-electron chi connectivity index (χ1n) is 6.02. The molecule has 1 atom stereocenters. The summed E-state index contributed by atoms with van der Waals surface area (Å²) in [7, 11) is 0. The van der Waals surface area contributed by atoms with Gasteiger partial charge in [-0.15, -0.1) is 11.3 Å². The van der Waals surface area contributed by atoms with Crippen LogP contribution in [0.5, 0.6) is 0 Å². The van der Waals surface area contributed by atoms with Crippen molar-refractivity contribution in [1.29, 1.82) is 0 Å². The highest BCUT2D eigenvalue weighted by atomic mass is 32.1. The number of Topliss-reactive ketones (excluding diaryl/α,β-unsaturated/α-hetero) is 1. The molecule has 1 aromatic heterocycles. The molecule has 0 saturated carbocycles. The van der Waals surface area contributed by atoms with Crippen molar-refractivity contribution in [2.24, 2.45) is 0 Å². The van der Waals surface area contributed by atoms with E-state index in [4.69, 9.17) is 4.74 Å². The number of hydrogen-bond donors (Lipinski definition) is 0. The Balaban J connectivity index is 1.87. The normalized spacial score (nSPS) is 20.2. The maximum atomic E-state index is 12.0. The van der Waals surface area contributed by atoms with Gasteiger partial charge in [0, 0.05) is 13.0 Å². The van der Waals surface area contributed by atoms with Crippen LogP contribution in [0, 0.1) is 0 Å². The summed E-state index contributed by atoms with van der Waals surface area (Å²) in [6, 6.07) is 2.06. The summed E-state index contributed by atoms with van der Waals surface area (Å²) in [5.41, 5.74) is 1.20. The smallest absolute Gasteiger partial charge is 0.173 e. The zero-order valence-corrected chi connectivity index (χ0v) is 10.5. The van der Waals surface area contributed by atoms with Crippen LogP contribution in [0.25, 0.3) is 0 Å². The summed E-state index contributed by atoms with van der Waals surface area (Å²) in [5, 5.41) is 2.01. The molecule has 0 amide bonds. The van der Waals surface area contributed by atoms with Gasteiger partial charge < -0.3 is 4.74 Å². The fraction of sp³-hybridized carbons (Fsp3) is 0.615. The molecular formula is C13H18O2S. The zero-order valence-electron chi connectivity index (χ0n) is 9.70. The number of rotatable bonds is 5. The molecule has 1 aliphatic rings. The molecule has 0 aliphatic carbocycles. The van der Waals surface area contributed by atoms with Crippen LogP contribution in [0.2, 0.25) is 0 Å². The largest absolute Gasteiger partial charge is 0.378 e. The summed E-state index contributed by atoms with van der Waals surface area (Å²) in [6.45, 7) is 2.97. The highest BCUT2D eigenvalue weighted by Crippen LogP contribution is 2.22. The van der Waals surface area contributed by atoms with E-state index in [0.717, 1.165) is 37.2 Å². The van der Waals surface area contributed by atoms with Gasteiger partial charge in [-0.25, -0.2) is 0 Å². The molecule has 1 unspecified atom stereocenters. The number of thiophene rings is 1. The maximum absolute atomic E-state index is 12.0. The van der Waals surface area contributed by atoms with Gasteiger partial charge in [0.05, 0.1) is 11.0 Å². The molecule has 0 radical (unpaired) electrons. The topological polar surface area (TPSA) is 26.3 Å². The first-order chi connectivity index (χ1) is 7.81. The van der Waals surface area contributed by atoms with Crippen molar-refractivity contribution in [1.82, 2.24) is 0 Å². The molecule has 0 bridgehead atoms. The van der Waals surface area contributed by atoms with E-state index < -0.39 is 0 Å². The van der Waals surface area contributed by atoms with Gasteiger partial charge in [0.2, 0.25) is 0 Å². The standard InChI is InChI=1S/C13H18O2S/c1-2-10-7-9-16-13(10)12(14)6-5-11-4-3-8-15-11/h7,9,11H,2-6,8H2,1H3. The first kappa shape index (κ1) is 11.8. The molecule has 0 N–H and O–H groups in total. The van der Waals surface area contributed by atoms with Crippen molar-refractivity contribution in [2.75, 3.05) is 6.61 Å². The molecular weight excluding hydrogens is 220 g/mol. The number of hydrogen-bond acceptors (Lipinski definition) is 3. The highest BCUT2D eigenvalue weighted by Gasteiger charge is 2.18. The van der Waals surface area contributed by atoms with Gasteiger partial charge in [0.25, 0.3) is 0 Å². The summed E-state index contributed by atoms with van der Waals surface area (Å²) in [4.78, 5) is 13.0.